The molecule has 1 nitrogen and oxygen atoms in total. The molecule has 88 valence electrons. The zero-order chi connectivity index (χ0) is 12.1. The highest BCUT2D eigenvalue weighted by atomic mass is 14.6. The van der Waals surface area contributed by atoms with E-state index in [0.717, 1.165) is 6.42 Å². The summed E-state index contributed by atoms with van der Waals surface area (Å²) in [6, 6.07) is 8.90. The maximum atomic E-state index is 6.07. The van der Waals surface area contributed by atoms with Crippen molar-refractivity contribution in [2.75, 3.05) is 0 Å². The fourth-order valence-electron chi connectivity index (χ4n) is 1.94. The fourth-order valence-corrected chi connectivity index (χ4v) is 1.94. The highest BCUT2D eigenvalue weighted by molar-refractivity contribution is 5.24. The first-order valence-corrected chi connectivity index (χ1v) is 5.96. The first-order valence-electron chi connectivity index (χ1n) is 5.96. The van der Waals surface area contributed by atoms with E-state index in [2.05, 4.69) is 58.0 Å². The summed E-state index contributed by atoms with van der Waals surface area (Å²) in [5, 5.41) is 0. The van der Waals surface area contributed by atoms with Crippen LogP contribution in [0.4, 0.5) is 0 Å². The van der Waals surface area contributed by atoms with Crippen LogP contribution in [0.2, 0.25) is 0 Å². The Morgan fingerprint density at radius 1 is 1.25 bits per heavy atom. The van der Waals surface area contributed by atoms with Crippen LogP contribution in [0.5, 0.6) is 0 Å². The zero-order valence-corrected chi connectivity index (χ0v) is 10.8. The molecule has 0 heterocycles. The van der Waals surface area contributed by atoms with Gasteiger partial charge in [-0.15, -0.1) is 0 Å². The van der Waals surface area contributed by atoms with Crippen molar-refractivity contribution in [1.82, 2.24) is 0 Å². The predicted octanol–water partition coefficient (Wildman–Crippen LogP) is 3.78. The highest BCUT2D eigenvalue weighted by Gasteiger charge is 2.09. The van der Waals surface area contributed by atoms with Crippen LogP contribution < -0.4 is 5.73 Å². The number of aryl methyl sites for hydroxylation is 1. The van der Waals surface area contributed by atoms with Gasteiger partial charge < -0.3 is 5.73 Å². The summed E-state index contributed by atoms with van der Waals surface area (Å²) in [5.41, 5.74) is 10.0. The summed E-state index contributed by atoms with van der Waals surface area (Å²) in [4.78, 5) is 0. The summed E-state index contributed by atoms with van der Waals surface area (Å²) in [7, 11) is 0. The lowest BCUT2D eigenvalue weighted by molar-refractivity contribution is 0.620. The first-order chi connectivity index (χ1) is 7.49. The molecule has 1 rings (SSSR count). The van der Waals surface area contributed by atoms with Crippen molar-refractivity contribution in [3.63, 3.8) is 0 Å². The van der Waals surface area contributed by atoms with Crippen LogP contribution in [0.25, 0.3) is 0 Å². The monoisotopic (exact) mass is 217 g/mol. The van der Waals surface area contributed by atoms with Gasteiger partial charge in [0.1, 0.15) is 0 Å². The SMILES string of the molecule is CC(C)=CC(N)CC(C)c1ccc(C)cc1. The Kier molecular flexibility index (Phi) is 4.75. The van der Waals surface area contributed by atoms with Gasteiger partial charge in [-0.3, -0.25) is 0 Å². The Hall–Kier alpha value is -1.08. The van der Waals surface area contributed by atoms with E-state index in [1.807, 2.05) is 0 Å². The smallest absolute Gasteiger partial charge is 0.0231 e. The van der Waals surface area contributed by atoms with Crippen molar-refractivity contribution in [3.05, 3.63) is 47.0 Å². The third-order valence-corrected chi connectivity index (χ3v) is 2.82. The van der Waals surface area contributed by atoms with E-state index in [-0.39, 0.29) is 6.04 Å². The molecule has 0 aliphatic rings. The maximum Gasteiger partial charge on any atom is 0.0231 e. The molecule has 2 atom stereocenters. The minimum absolute atomic E-state index is 0.168. The minimum atomic E-state index is 0.168. The standard InChI is InChI=1S/C15H23N/c1-11(2)9-15(16)10-13(4)14-7-5-12(3)6-8-14/h5-9,13,15H,10,16H2,1-4H3. The van der Waals surface area contributed by atoms with Crippen LogP contribution in [0.1, 0.15) is 44.2 Å². The van der Waals surface area contributed by atoms with Gasteiger partial charge in [0.05, 0.1) is 0 Å². The maximum absolute atomic E-state index is 6.07. The van der Waals surface area contributed by atoms with E-state index in [4.69, 9.17) is 5.73 Å². The van der Waals surface area contributed by atoms with Gasteiger partial charge in [-0.05, 0) is 38.7 Å². The molecule has 2 N–H and O–H groups in total. The summed E-state index contributed by atoms with van der Waals surface area (Å²) < 4.78 is 0. The van der Waals surface area contributed by atoms with Crippen molar-refractivity contribution < 1.29 is 0 Å². The molecule has 0 aliphatic heterocycles. The number of hydrogen-bond donors (Lipinski definition) is 1. The van der Waals surface area contributed by atoms with Gasteiger partial charge in [0.2, 0.25) is 0 Å². The molecule has 2 unspecified atom stereocenters. The lowest BCUT2D eigenvalue weighted by Crippen LogP contribution is -2.19. The van der Waals surface area contributed by atoms with Gasteiger partial charge in [-0.1, -0.05) is 48.4 Å². The molecule has 0 saturated carbocycles. The Labute approximate surface area is 99.4 Å². The Bertz CT molecular complexity index is 344. The average molecular weight is 217 g/mol. The van der Waals surface area contributed by atoms with Crippen LogP contribution in [-0.2, 0) is 0 Å². The largest absolute Gasteiger partial charge is 0.324 e. The number of hydrogen-bond acceptors (Lipinski definition) is 1. The van der Waals surface area contributed by atoms with Gasteiger partial charge in [0.25, 0.3) is 0 Å². The lowest BCUT2D eigenvalue weighted by Gasteiger charge is -2.15. The van der Waals surface area contributed by atoms with Crippen molar-refractivity contribution in [1.29, 1.82) is 0 Å². The number of rotatable bonds is 4. The summed E-state index contributed by atoms with van der Waals surface area (Å²) in [6.45, 7) is 8.54. The number of nitrogens with two attached hydrogens (primary N) is 1. The minimum Gasteiger partial charge on any atom is -0.324 e. The molecule has 0 radical (unpaired) electrons. The van der Waals surface area contributed by atoms with E-state index >= 15 is 0 Å². The van der Waals surface area contributed by atoms with E-state index in [1.54, 1.807) is 0 Å². The lowest BCUT2D eigenvalue weighted by atomic mass is 9.93. The molecule has 0 aromatic heterocycles. The molecule has 0 aliphatic carbocycles. The van der Waals surface area contributed by atoms with Crippen molar-refractivity contribution in [3.8, 4) is 0 Å². The topological polar surface area (TPSA) is 26.0 Å². The van der Waals surface area contributed by atoms with E-state index < -0.39 is 0 Å². The number of benzene rings is 1. The second-order valence-electron chi connectivity index (χ2n) is 4.96. The Balaban J connectivity index is 2.62. The van der Waals surface area contributed by atoms with Crippen molar-refractivity contribution in [2.45, 2.75) is 46.1 Å². The normalized spacial score (nSPS) is 14.3. The van der Waals surface area contributed by atoms with Crippen LogP contribution in [0.15, 0.2) is 35.9 Å². The number of allylic oxidation sites excluding steroid dienone is 1. The molecule has 16 heavy (non-hydrogen) atoms. The molecule has 0 spiro atoms. The van der Waals surface area contributed by atoms with Crippen molar-refractivity contribution >= 4 is 0 Å². The van der Waals surface area contributed by atoms with Gasteiger partial charge in [0, 0.05) is 6.04 Å². The van der Waals surface area contributed by atoms with Crippen LogP contribution in [0, 0.1) is 6.92 Å². The van der Waals surface area contributed by atoms with E-state index in [9.17, 15) is 0 Å². The third-order valence-electron chi connectivity index (χ3n) is 2.82. The predicted molar refractivity (Wildman–Crippen MR) is 71.6 cm³/mol. The highest BCUT2D eigenvalue weighted by Crippen LogP contribution is 2.21. The van der Waals surface area contributed by atoms with E-state index in [1.165, 1.54) is 16.7 Å². The van der Waals surface area contributed by atoms with Gasteiger partial charge >= 0.3 is 0 Å². The second-order valence-corrected chi connectivity index (χ2v) is 4.96. The molecule has 1 heteroatoms. The third kappa shape index (κ3) is 4.19. The molecule has 0 saturated heterocycles. The Morgan fingerprint density at radius 2 is 1.81 bits per heavy atom. The molecular formula is C15H23N. The molecule has 0 amide bonds. The van der Waals surface area contributed by atoms with Gasteiger partial charge in [0.15, 0.2) is 0 Å². The van der Waals surface area contributed by atoms with Gasteiger partial charge in [-0.2, -0.15) is 0 Å². The zero-order valence-electron chi connectivity index (χ0n) is 10.8. The molecule has 1 aromatic carbocycles. The van der Waals surface area contributed by atoms with Crippen LogP contribution in [0.3, 0.4) is 0 Å². The summed E-state index contributed by atoms with van der Waals surface area (Å²) in [6.07, 6.45) is 3.15. The molecular weight excluding hydrogens is 194 g/mol. The summed E-state index contributed by atoms with van der Waals surface area (Å²) in [5.74, 6) is 0.520. The quantitative estimate of drug-likeness (QED) is 0.763. The van der Waals surface area contributed by atoms with Crippen LogP contribution >= 0.6 is 0 Å². The second kappa shape index (κ2) is 5.86. The fraction of sp³-hybridized carbons (Fsp3) is 0.467. The molecule has 1 aromatic rings. The molecule has 0 fully saturated rings. The van der Waals surface area contributed by atoms with Gasteiger partial charge in [-0.25, -0.2) is 0 Å². The molecule has 0 bridgehead atoms. The van der Waals surface area contributed by atoms with Crippen LogP contribution in [-0.4, -0.2) is 6.04 Å². The Morgan fingerprint density at radius 3 is 2.31 bits per heavy atom. The summed E-state index contributed by atoms with van der Waals surface area (Å²) >= 11 is 0. The van der Waals surface area contributed by atoms with E-state index in [0.29, 0.717) is 5.92 Å². The first kappa shape index (κ1) is 13.0. The average Bonchev–Trinajstić information content (AvgIpc) is 2.16. The van der Waals surface area contributed by atoms with Crippen molar-refractivity contribution in [2.24, 2.45) is 5.73 Å².